The van der Waals surface area contributed by atoms with Crippen LogP contribution in [0.5, 0.6) is 0 Å². The summed E-state index contributed by atoms with van der Waals surface area (Å²) in [6.45, 7) is 0. The third-order valence-corrected chi connectivity index (χ3v) is 15.5. The first-order chi connectivity index (χ1) is 38.7. The Morgan fingerprint density at radius 3 is 0.732 bits per heavy atom. The summed E-state index contributed by atoms with van der Waals surface area (Å²) in [6, 6.07) is 55.5. The van der Waals surface area contributed by atoms with Crippen LogP contribution in [0.15, 0.2) is 260 Å². The maximum Gasteiger partial charge on any atom is 0.417 e. The van der Waals surface area contributed by atoms with Crippen molar-refractivity contribution in [2.75, 3.05) is 0 Å². The second kappa shape index (κ2) is 31.6. The van der Waals surface area contributed by atoms with Crippen molar-refractivity contribution in [2.24, 2.45) is 0 Å². The highest BCUT2D eigenvalue weighted by Gasteiger charge is 2.38. The second-order valence-electron chi connectivity index (χ2n) is 16.2. The van der Waals surface area contributed by atoms with Crippen LogP contribution in [0.3, 0.4) is 0 Å². The van der Waals surface area contributed by atoms with E-state index in [0.717, 1.165) is 54.9 Å². The first kappa shape index (κ1) is 66.8. The average molecular weight is 1290 g/mol. The van der Waals surface area contributed by atoms with Gasteiger partial charge in [0.05, 0.1) is 43.9 Å². The molecule has 82 heavy (non-hydrogen) atoms. The molecule has 0 N–H and O–H groups in total. The van der Waals surface area contributed by atoms with E-state index in [4.69, 9.17) is 46.4 Å². The molecule has 0 saturated heterocycles. The van der Waals surface area contributed by atoms with Crippen molar-refractivity contribution in [1.82, 2.24) is 0 Å². The van der Waals surface area contributed by atoms with Crippen LogP contribution in [0.1, 0.15) is 22.3 Å². The van der Waals surface area contributed by atoms with Crippen molar-refractivity contribution in [1.29, 1.82) is 0 Å². The highest BCUT2D eigenvalue weighted by molar-refractivity contribution is 8.02. The molecule has 0 fully saturated rings. The summed E-state index contributed by atoms with van der Waals surface area (Å²) in [7, 11) is -3.76. The Kier molecular flexibility index (Phi) is 25.8. The van der Waals surface area contributed by atoms with Gasteiger partial charge in [0.25, 0.3) is 0 Å². The number of hydrogen-bond acceptors (Lipinski definition) is 4. The maximum atomic E-state index is 13.1. The Bertz CT molecular complexity index is 3200. The van der Waals surface area contributed by atoms with Crippen LogP contribution in [0.4, 0.5) is 52.7 Å². The molecular formula is C60H40Cl4F12O2S4. The highest BCUT2D eigenvalue weighted by atomic mass is 35.5. The Hall–Kier alpha value is -5.96. The largest absolute Gasteiger partial charge is 0.417 e. The number of hydrogen-bond donors (Lipinski definition) is 0. The summed E-state index contributed by atoms with van der Waals surface area (Å²) in [5.74, 6) is 0. The monoisotopic (exact) mass is 1290 g/mol. The Morgan fingerprint density at radius 1 is 0.305 bits per heavy atom. The van der Waals surface area contributed by atoms with E-state index in [1.54, 1.807) is 84.9 Å². The predicted molar refractivity (Wildman–Crippen MR) is 312 cm³/mol. The van der Waals surface area contributed by atoms with Crippen LogP contribution in [-0.2, 0) is 21.6 Å². The van der Waals surface area contributed by atoms with Crippen molar-refractivity contribution in [3.05, 3.63) is 282 Å². The lowest BCUT2D eigenvalue weighted by atomic mass is 10.1. The Labute approximate surface area is 498 Å². The zero-order chi connectivity index (χ0) is 60.1. The lowest BCUT2D eigenvalue weighted by molar-refractivity contribution is -0.0696. The SMILES string of the molecule is FC(F)(F)/C(=C/Sc1ccccc1)c1ccc(Cl)cc1.FC(F)(F)/C(=C\Sc1ccccc1)c1ccc(Cl)cc1.O=S(/C=C(/c1ccc(Cl)cc1)C(F)(F)F)c1ccccc1.O=S(/C=C(\c1ccc(Cl)cc1)C(F)(F)F)c1ccccc1. The number of alkyl halides is 12. The van der Waals surface area contributed by atoms with Crippen LogP contribution in [0.2, 0.25) is 20.1 Å². The normalized spacial score (nSPS) is 13.3. The number of rotatable bonds is 12. The summed E-state index contributed by atoms with van der Waals surface area (Å²) in [5.41, 5.74) is -3.18. The van der Waals surface area contributed by atoms with E-state index >= 15 is 0 Å². The summed E-state index contributed by atoms with van der Waals surface area (Å²) in [6.07, 6.45) is -18.0. The average Bonchev–Trinajstić information content (AvgIpc) is 3.61. The molecule has 428 valence electrons. The molecule has 0 radical (unpaired) electrons. The van der Waals surface area contributed by atoms with Crippen molar-refractivity contribution in [2.45, 2.75) is 44.3 Å². The lowest BCUT2D eigenvalue weighted by Gasteiger charge is -2.12. The minimum Gasteiger partial charge on any atom is -0.250 e. The molecule has 8 aromatic rings. The first-order valence-electron chi connectivity index (χ1n) is 23.2. The molecule has 0 aliphatic rings. The molecule has 0 aromatic heterocycles. The van der Waals surface area contributed by atoms with E-state index in [0.29, 0.717) is 29.9 Å². The van der Waals surface area contributed by atoms with E-state index in [9.17, 15) is 61.1 Å². The molecule has 0 bridgehead atoms. The van der Waals surface area contributed by atoms with Gasteiger partial charge in [0.1, 0.15) is 0 Å². The lowest BCUT2D eigenvalue weighted by Crippen LogP contribution is -2.11. The van der Waals surface area contributed by atoms with Gasteiger partial charge in [0, 0.05) is 50.5 Å². The Morgan fingerprint density at radius 2 is 0.512 bits per heavy atom. The van der Waals surface area contributed by atoms with Crippen LogP contribution in [0.25, 0.3) is 22.3 Å². The number of halogens is 16. The predicted octanol–water partition coefficient (Wildman–Crippen LogP) is 22.2. The molecule has 0 aliphatic heterocycles. The molecule has 22 heteroatoms. The third-order valence-electron chi connectivity index (χ3n) is 10.4. The summed E-state index contributed by atoms with van der Waals surface area (Å²) in [5, 5.41) is 5.18. The van der Waals surface area contributed by atoms with Crippen LogP contribution in [-0.4, -0.2) is 33.1 Å². The van der Waals surface area contributed by atoms with E-state index < -0.39 is 68.6 Å². The highest BCUT2D eigenvalue weighted by Crippen LogP contribution is 2.40. The number of allylic oxidation sites excluding steroid dienone is 4. The van der Waals surface area contributed by atoms with E-state index in [-0.39, 0.29) is 22.3 Å². The molecule has 0 amide bonds. The maximum absolute atomic E-state index is 13.1. The third kappa shape index (κ3) is 22.7. The van der Waals surface area contributed by atoms with Crippen molar-refractivity contribution < 1.29 is 61.1 Å². The molecule has 8 rings (SSSR count). The van der Waals surface area contributed by atoms with E-state index in [2.05, 4.69) is 0 Å². The second-order valence-corrected chi connectivity index (χ2v) is 22.5. The zero-order valence-corrected chi connectivity index (χ0v) is 47.9. The van der Waals surface area contributed by atoms with E-state index in [1.165, 1.54) is 121 Å². The molecule has 2 atom stereocenters. The van der Waals surface area contributed by atoms with Gasteiger partial charge in [0.15, 0.2) is 0 Å². The fraction of sp³-hybridized carbons (Fsp3) is 0.0667. The van der Waals surface area contributed by atoms with Crippen LogP contribution < -0.4 is 0 Å². The molecule has 0 aliphatic carbocycles. The molecule has 8 aromatic carbocycles. The molecule has 0 heterocycles. The van der Waals surface area contributed by atoms with Gasteiger partial charge < -0.3 is 0 Å². The van der Waals surface area contributed by atoms with Crippen molar-refractivity contribution in [3.63, 3.8) is 0 Å². The molecule has 0 saturated carbocycles. The first-order valence-corrected chi connectivity index (χ1v) is 28.9. The van der Waals surface area contributed by atoms with Crippen molar-refractivity contribution >= 4 is 114 Å². The molecule has 0 spiro atoms. The standard InChI is InChI=1S/2C15H10ClF3OS.2C15H10ClF3S/c2*16-12-8-6-11(7-9-12)14(15(17,18)19)10-21(20)13-4-2-1-3-5-13;2*16-12-8-6-11(7-9-12)14(15(17,18)19)10-20-13-4-2-1-3-5-13/h2*1-10H;2*1-10H/b14-10+;14-10-;14-10+;14-10-. The van der Waals surface area contributed by atoms with Gasteiger partial charge >= 0.3 is 24.7 Å². The fourth-order valence-electron chi connectivity index (χ4n) is 6.42. The fourth-order valence-corrected chi connectivity index (χ4v) is 10.7. The van der Waals surface area contributed by atoms with E-state index in [1.807, 2.05) is 12.1 Å². The van der Waals surface area contributed by atoms with Gasteiger partial charge in [-0.25, -0.2) is 8.42 Å². The summed E-state index contributed by atoms with van der Waals surface area (Å²) >= 11 is 24.8. The van der Waals surface area contributed by atoms with Gasteiger partial charge in [-0.1, -0.05) is 191 Å². The smallest absolute Gasteiger partial charge is 0.250 e. The van der Waals surface area contributed by atoms with Gasteiger partial charge in [0.2, 0.25) is 0 Å². The quantitative estimate of drug-likeness (QED) is 0.0902. The van der Waals surface area contributed by atoms with Gasteiger partial charge in [-0.3, -0.25) is 0 Å². The minimum atomic E-state index is -4.60. The topological polar surface area (TPSA) is 34.1 Å². The Balaban J connectivity index is 0.000000200. The number of thioether (sulfide) groups is 2. The number of benzene rings is 8. The molecular weight excluding hydrogens is 1250 g/mol. The molecule has 2 nitrogen and oxygen atoms in total. The van der Waals surface area contributed by atoms with Gasteiger partial charge in [-0.15, -0.1) is 0 Å². The molecule has 2 unspecified atom stereocenters. The summed E-state index contributed by atoms with van der Waals surface area (Å²) < 4.78 is 182. The minimum absolute atomic E-state index is 0.0730. The van der Waals surface area contributed by atoms with Gasteiger partial charge in [-0.2, -0.15) is 52.7 Å². The van der Waals surface area contributed by atoms with Gasteiger partial charge in [-0.05, 0) is 130 Å². The van der Waals surface area contributed by atoms with Crippen molar-refractivity contribution in [3.8, 4) is 0 Å². The van der Waals surface area contributed by atoms with Crippen LogP contribution in [0, 0.1) is 0 Å². The zero-order valence-electron chi connectivity index (χ0n) is 41.6. The van der Waals surface area contributed by atoms with Crippen LogP contribution >= 0.6 is 69.9 Å². The summed E-state index contributed by atoms with van der Waals surface area (Å²) in [4.78, 5) is 2.13.